The Hall–Kier alpha value is -2.29. The van der Waals surface area contributed by atoms with Crippen molar-refractivity contribution in [1.29, 1.82) is 0 Å². The molecule has 2 rings (SSSR count). The Balaban J connectivity index is 2.38. The molecule has 6 nitrogen and oxygen atoms in total. The number of amides is 1. The van der Waals surface area contributed by atoms with Gasteiger partial charge in [0.1, 0.15) is 0 Å². The Morgan fingerprint density at radius 3 is 2.41 bits per heavy atom. The van der Waals surface area contributed by atoms with Crippen LogP contribution in [0.3, 0.4) is 0 Å². The van der Waals surface area contributed by atoms with Gasteiger partial charge >= 0.3 is 18.1 Å². The van der Waals surface area contributed by atoms with Gasteiger partial charge in [-0.3, -0.25) is 4.79 Å². The molecule has 1 aromatic rings. The smallest absolute Gasteiger partial charge is 0.416 e. The number of ether oxygens (including phenoxy) is 1. The fourth-order valence-corrected chi connectivity index (χ4v) is 2.07. The topological polar surface area (TPSA) is 78.9 Å². The lowest BCUT2D eigenvalue weighted by Gasteiger charge is -2.30. The van der Waals surface area contributed by atoms with Crippen LogP contribution in [0.15, 0.2) is 18.2 Å². The van der Waals surface area contributed by atoms with Crippen LogP contribution >= 0.6 is 0 Å². The maximum absolute atomic E-state index is 12.8. The fourth-order valence-electron chi connectivity index (χ4n) is 2.07. The molecule has 120 valence electrons. The lowest BCUT2D eigenvalue weighted by Crippen LogP contribution is -2.37. The van der Waals surface area contributed by atoms with Gasteiger partial charge in [-0.15, -0.1) is 0 Å². The molecule has 0 saturated carbocycles. The molecule has 0 spiro atoms. The summed E-state index contributed by atoms with van der Waals surface area (Å²) < 4.78 is 43.5. The fraction of sp³-hybridized carbons (Fsp3) is 0.385. The van der Waals surface area contributed by atoms with E-state index in [9.17, 15) is 22.8 Å². The monoisotopic (exact) mass is 318 g/mol. The van der Waals surface area contributed by atoms with Gasteiger partial charge in [-0.2, -0.15) is 13.2 Å². The molecule has 2 N–H and O–H groups in total. The molecule has 0 aromatic heterocycles. The number of hydrogen-bond donors (Lipinski definition) is 2. The third-order valence-corrected chi connectivity index (χ3v) is 3.12. The molecule has 22 heavy (non-hydrogen) atoms. The van der Waals surface area contributed by atoms with Crippen LogP contribution in [0.2, 0.25) is 0 Å². The van der Waals surface area contributed by atoms with Crippen molar-refractivity contribution in [1.82, 2.24) is 0 Å². The standard InChI is InChI=1S/C13H13F3N2O4/c14-13(15,16)8-1-2-10(18-3-5-22-6-4-18)9(7-8)17-11(19)12(20)21/h1-2,7H,3-6H2,(H,17,19)(H,20,21). The number of alkyl halides is 3. The zero-order valence-corrected chi connectivity index (χ0v) is 11.3. The second kappa shape index (κ2) is 6.22. The largest absolute Gasteiger partial charge is 0.474 e. The third kappa shape index (κ3) is 3.67. The third-order valence-electron chi connectivity index (χ3n) is 3.12. The van der Waals surface area contributed by atoms with Crippen LogP contribution in [-0.2, 0) is 20.5 Å². The summed E-state index contributed by atoms with van der Waals surface area (Å²) in [6.07, 6.45) is -4.59. The van der Waals surface area contributed by atoms with Crippen molar-refractivity contribution in [2.75, 3.05) is 36.5 Å². The van der Waals surface area contributed by atoms with E-state index in [1.54, 1.807) is 4.90 Å². The minimum Gasteiger partial charge on any atom is -0.474 e. The Bertz CT molecular complexity index is 583. The molecule has 0 radical (unpaired) electrons. The Labute approximate surface area is 123 Å². The van der Waals surface area contributed by atoms with E-state index < -0.39 is 23.6 Å². The highest BCUT2D eigenvalue weighted by molar-refractivity contribution is 6.36. The second-order valence-electron chi connectivity index (χ2n) is 4.59. The van der Waals surface area contributed by atoms with Gasteiger partial charge in [0.25, 0.3) is 0 Å². The van der Waals surface area contributed by atoms with E-state index in [4.69, 9.17) is 9.84 Å². The molecule has 1 aliphatic heterocycles. The van der Waals surface area contributed by atoms with E-state index in [1.165, 1.54) is 6.07 Å². The summed E-state index contributed by atoms with van der Waals surface area (Å²) in [7, 11) is 0. The van der Waals surface area contributed by atoms with Crippen LogP contribution in [0.5, 0.6) is 0 Å². The molecule has 1 aliphatic rings. The summed E-state index contributed by atoms with van der Waals surface area (Å²) in [5.74, 6) is -3.17. The number of carbonyl (C=O) groups is 2. The molecule has 1 saturated heterocycles. The van der Waals surface area contributed by atoms with E-state index >= 15 is 0 Å². The van der Waals surface area contributed by atoms with Gasteiger partial charge < -0.3 is 20.1 Å². The predicted octanol–water partition coefficient (Wildman–Crippen LogP) is 1.57. The van der Waals surface area contributed by atoms with E-state index in [2.05, 4.69) is 0 Å². The van der Waals surface area contributed by atoms with Crippen molar-refractivity contribution in [3.8, 4) is 0 Å². The number of carboxylic acids is 1. The first-order valence-electron chi connectivity index (χ1n) is 6.37. The number of aliphatic carboxylic acids is 1. The van der Waals surface area contributed by atoms with Crippen LogP contribution in [0.1, 0.15) is 5.56 Å². The zero-order valence-electron chi connectivity index (χ0n) is 11.3. The number of carboxylic acid groups (broad SMARTS) is 1. The van der Waals surface area contributed by atoms with E-state index in [-0.39, 0.29) is 5.69 Å². The first kappa shape index (κ1) is 16.1. The number of nitrogens with zero attached hydrogens (tertiary/aromatic N) is 1. The number of carbonyl (C=O) groups excluding carboxylic acids is 1. The number of morpholine rings is 1. The number of hydrogen-bond acceptors (Lipinski definition) is 4. The summed E-state index contributed by atoms with van der Waals surface area (Å²) in [6, 6.07) is 2.83. The molecule has 0 aliphatic carbocycles. The highest BCUT2D eigenvalue weighted by Crippen LogP contribution is 2.35. The Morgan fingerprint density at radius 2 is 1.86 bits per heavy atom. The molecule has 0 atom stereocenters. The van der Waals surface area contributed by atoms with Crippen LogP contribution in [-0.4, -0.2) is 43.3 Å². The molecule has 9 heteroatoms. The Kier molecular flexibility index (Phi) is 4.55. The number of halogens is 3. The van der Waals surface area contributed by atoms with Gasteiger partial charge in [-0.25, -0.2) is 4.79 Å². The average molecular weight is 318 g/mol. The van der Waals surface area contributed by atoms with Crippen molar-refractivity contribution < 1.29 is 32.6 Å². The highest BCUT2D eigenvalue weighted by atomic mass is 19.4. The van der Waals surface area contributed by atoms with Crippen molar-refractivity contribution in [3.63, 3.8) is 0 Å². The molecule has 0 bridgehead atoms. The first-order valence-corrected chi connectivity index (χ1v) is 6.37. The predicted molar refractivity (Wildman–Crippen MR) is 70.7 cm³/mol. The summed E-state index contributed by atoms with van der Waals surface area (Å²) in [4.78, 5) is 23.6. The SMILES string of the molecule is O=C(O)C(=O)Nc1cc(C(F)(F)F)ccc1N1CCOCC1. The number of anilines is 2. The summed E-state index contributed by atoms with van der Waals surface area (Å²) >= 11 is 0. The zero-order chi connectivity index (χ0) is 16.3. The van der Waals surface area contributed by atoms with Gasteiger partial charge in [0, 0.05) is 13.1 Å². The molecular formula is C13H13F3N2O4. The van der Waals surface area contributed by atoms with Gasteiger partial charge in [0.05, 0.1) is 30.2 Å². The molecule has 1 aromatic carbocycles. The average Bonchev–Trinajstić information content (AvgIpc) is 2.47. The van der Waals surface area contributed by atoms with Crippen molar-refractivity contribution in [3.05, 3.63) is 23.8 Å². The molecule has 1 heterocycles. The quantitative estimate of drug-likeness (QED) is 0.809. The van der Waals surface area contributed by atoms with E-state index in [0.717, 1.165) is 12.1 Å². The lowest BCUT2D eigenvalue weighted by atomic mass is 10.1. The number of nitrogens with one attached hydrogen (secondary N) is 1. The van der Waals surface area contributed by atoms with Crippen molar-refractivity contribution >= 4 is 23.3 Å². The highest BCUT2D eigenvalue weighted by Gasteiger charge is 2.32. The number of benzene rings is 1. The van der Waals surface area contributed by atoms with E-state index in [1.807, 2.05) is 5.32 Å². The van der Waals surface area contributed by atoms with Crippen LogP contribution in [0.4, 0.5) is 24.5 Å². The van der Waals surface area contributed by atoms with Crippen LogP contribution in [0, 0.1) is 0 Å². The lowest BCUT2D eigenvalue weighted by molar-refractivity contribution is -0.147. The van der Waals surface area contributed by atoms with E-state index in [0.29, 0.717) is 32.0 Å². The summed E-state index contributed by atoms with van der Waals surface area (Å²) in [6.45, 7) is 1.66. The molecule has 0 unspecified atom stereocenters. The number of rotatable bonds is 2. The van der Waals surface area contributed by atoms with Gasteiger partial charge in [-0.1, -0.05) is 0 Å². The summed E-state index contributed by atoms with van der Waals surface area (Å²) in [5.41, 5.74) is -0.833. The maximum Gasteiger partial charge on any atom is 0.416 e. The van der Waals surface area contributed by atoms with Crippen LogP contribution in [0.25, 0.3) is 0 Å². The minimum absolute atomic E-state index is 0.191. The van der Waals surface area contributed by atoms with Crippen LogP contribution < -0.4 is 10.2 Å². The second-order valence-corrected chi connectivity index (χ2v) is 4.59. The molecule has 1 amide bonds. The minimum atomic E-state index is -4.59. The maximum atomic E-state index is 12.8. The first-order chi connectivity index (χ1) is 10.3. The molecule has 1 fully saturated rings. The normalized spacial score (nSPS) is 15.5. The van der Waals surface area contributed by atoms with Gasteiger partial charge in [-0.05, 0) is 18.2 Å². The van der Waals surface area contributed by atoms with Gasteiger partial charge in [0.2, 0.25) is 0 Å². The molecular weight excluding hydrogens is 305 g/mol. The summed E-state index contributed by atoms with van der Waals surface area (Å²) in [5, 5.41) is 10.6. The van der Waals surface area contributed by atoms with Crippen molar-refractivity contribution in [2.24, 2.45) is 0 Å². The Morgan fingerprint density at radius 1 is 1.23 bits per heavy atom. The van der Waals surface area contributed by atoms with Crippen molar-refractivity contribution in [2.45, 2.75) is 6.18 Å². The van der Waals surface area contributed by atoms with Gasteiger partial charge in [0.15, 0.2) is 0 Å².